The Balaban J connectivity index is 2.85. The lowest BCUT2D eigenvalue weighted by molar-refractivity contribution is 0.229. The van der Waals surface area contributed by atoms with Crippen molar-refractivity contribution in [3.8, 4) is 0 Å². The van der Waals surface area contributed by atoms with Crippen LogP contribution < -0.4 is 0 Å². The second-order valence-electron chi connectivity index (χ2n) is 3.16. The average molecular weight is 176 g/mol. The quantitative estimate of drug-likeness (QED) is 0.750. The predicted molar refractivity (Wildman–Crippen MR) is 56.4 cm³/mol. The van der Waals surface area contributed by atoms with Crippen LogP contribution in [0.4, 0.5) is 0 Å². The Labute approximate surface area is 79.7 Å². The molecule has 0 heterocycles. The van der Waals surface area contributed by atoms with E-state index in [0.29, 0.717) is 0 Å². The third kappa shape index (κ3) is 3.03. The highest BCUT2D eigenvalue weighted by Crippen LogP contribution is 2.12. The van der Waals surface area contributed by atoms with E-state index in [1.165, 1.54) is 0 Å². The van der Waals surface area contributed by atoms with E-state index in [-0.39, 0.29) is 6.10 Å². The molecule has 0 amide bonds. The van der Waals surface area contributed by atoms with Crippen LogP contribution in [-0.4, -0.2) is 11.2 Å². The maximum absolute atomic E-state index is 9.41. The van der Waals surface area contributed by atoms with Gasteiger partial charge in [-0.15, -0.1) is 0 Å². The summed E-state index contributed by atoms with van der Waals surface area (Å²) in [7, 11) is 0. The topological polar surface area (TPSA) is 20.2 Å². The standard InChI is InChI=1S/C12H16O/c1-3-12(10(2)13)9-11-7-5-4-6-8-11/h4-10,13H,3H2,1-2H3/b12-9-/t10-/m1/s1. The molecule has 1 nitrogen and oxygen atoms in total. The lowest BCUT2D eigenvalue weighted by atomic mass is 10.0. The second kappa shape index (κ2) is 4.83. The van der Waals surface area contributed by atoms with Crippen molar-refractivity contribution in [3.63, 3.8) is 0 Å². The van der Waals surface area contributed by atoms with E-state index < -0.39 is 0 Å². The third-order valence-corrected chi connectivity index (χ3v) is 2.10. The highest BCUT2D eigenvalue weighted by atomic mass is 16.3. The van der Waals surface area contributed by atoms with E-state index in [1.54, 1.807) is 6.92 Å². The summed E-state index contributed by atoms with van der Waals surface area (Å²) in [4.78, 5) is 0. The first kappa shape index (κ1) is 10.0. The third-order valence-electron chi connectivity index (χ3n) is 2.10. The fourth-order valence-electron chi connectivity index (χ4n) is 1.28. The molecule has 1 heteroatoms. The molecule has 0 saturated heterocycles. The van der Waals surface area contributed by atoms with E-state index in [1.807, 2.05) is 36.4 Å². The molecule has 0 aliphatic carbocycles. The summed E-state index contributed by atoms with van der Waals surface area (Å²) in [6.45, 7) is 3.86. The van der Waals surface area contributed by atoms with E-state index in [4.69, 9.17) is 0 Å². The zero-order valence-electron chi connectivity index (χ0n) is 8.20. The SMILES string of the molecule is CC/C(=C/c1ccccc1)[C@@H](C)O. The lowest BCUT2D eigenvalue weighted by Crippen LogP contribution is -2.02. The van der Waals surface area contributed by atoms with Crippen molar-refractivity contribution >= 4 is 6.08 Å². The van der Waals surface area contributed by atoms with Gasteiger partial charge in [0.1, 0.15) is 0 Å². The van der Waals surface area contributed by atoms with Crippen LogP contribution in [0, 0.1) is 0 Å². The van der Waals surface area contributed by atoms with Gasteiger partial charge in [-0.05, 0) is 24.5 Å². The maximum atomic E-state index is 9.41. The molecule has 0 fully saturated rings. The van der Waals surface area contributed by atoms with Gasteiger partial charge in [-0.2, -0.15) is 0 Å². The molecule has 70 valence electrons. The zero-order valence-corrected chi connectivity index (χ0v) is 8.20. The summed E-state index contributed by atoms with van der Waals surface area (Å²) in [6, 6.07) is 10.1. The van der Waals surface area contributed by atoms with E-state index in [0.717, 1.165) is 17.6 Å². The van der Waals surface area contributed by atoms with Gasteiger partial charge in [-0.25, -0.2) is 0 Å². The molecule has 1 rings (SSSR count). The van der Waals surface area contributed by atoms with Gasteiger partial charge in [0, 0.05) is 0 Å². The van der Waals surface area contributed by atoms with Crippen LogP contribution in [0.15, 0.2) is 35.9 Å². The minimum absolute atomic E-state index is 0.342. The molecule has 13 heavy (non-hydrogen) atoms. The summed E-state index contributed by atoms with van der Waals surface area (Å²) in [5.41, 5.74) is 2.23. The molecule has 0 aliphatic rings. The minimum Gasteiger partial charge on any atom is -0.389 e. The highest BCUT2D eigenvalue weighted by molar-refractivity contribution is 5.53. The summed E-state index contributed by atoms with van der Waals surface area (Å²) in [5.74, 6) is 0. The van der Waals surface area contributed by atoms with Crippen LogP contribution in [-0.2, 0) is 0 Å². The molecule has 0 spiro atoms. The molecule has 1 aromatic carbocycles. The molecule has 1 N–H and O–H groups in total. The number of aliphatic hydroxyl groups excluding tert-OH is 1. The van der Waals surface area contributed by atoms with Gasteiger partial charge in [0.05, 0.1) is 6.10 Å². The summed E-state index contributed by atoms with van der Waals surface area (Å²) < 4.78 is 0. The summed E-state index contributed by atoms with van der Waals surface area (Å²) in [5, 5.41) is 9.41. The molecule has 0 radical (unpaired) electrons. The Bertz CT molecular complexity index is 272. The largest absolute Gasteiger partial charge is 0.389 e. The number of rotatable bonds is 3. The Kier molecular flexibility index (Phi) is 3.71. The van der Waals surface area contributed by atoms with Gasteiger partial charge in [-0.3, -0.25) is 0 Å². The van der Waals surface area contributed by atoms with E-state index in [2.05, 4.69) is 6.92 Å². The molecule has 0 aliphatic heterocycles. The monoisotopic (exact) mass is 176 g/mol. The van der Waals surface area contributed by atoms with E-state index in [9.17, 15) is 5.11 Å². The van der Waals surface area contributed by atoms with Crippen molar-refractivity contribution < 1.29 is 5.11 Å². The summed E-state index contributed by atoms with van der Waals surface area (Å²) >= 11 is 0. The molecule has 1 atom stereocenters. The van der Waals surface area contributed by atoms with Crippen molar-refractivity contribution in [2.45, 2.75) is 26.4 Å². The van der Waals surface area contributed by atoms with Gasteiger partial charge in [0.15, 0.2) is 0 Å². The molecular formula is C12H16O. The number of hydrogen-bond donors (Lipinski definition) is 1. The predicted octanol–water partition coefficient (Wildman–Crippen LogP) is 2.86. The number of benzene rings is 1. The molecule has 0 unspecified atom stereocenters. The van der Waals surface area contributed by atoms with Crippen LogP contribution in [0.1, 0.15) is 25.8 Å². The minimum atomic E-state index is -0.342. The maximum Gasteiger partial charge on any atom is 0.0725 e. The second-order valence-corrected chi connectivity index (χ2v) is 3.16. The first-order chi connectivity index (χ1) is 6.24. The normalized spacial score (nSPS) is 14.2. The van der Waals surface area contributed by atoms with Crippen molar-refractivity contribution in [2.24, 2.45) is 0 Å². The van der Waals surface area contributed by atoms with Crippen LogP contribution in [0.3, 0.4) is 0 Å². The van der Waals surface area contributed by atoms with Gasteiger partial charge in [0.25, 0.3) is 0 Å². The molecule has 0 bridgehead atoms. The summed E-state index contributed by atoms with van der Waals surface area (Å²) in [6.07, 6.45) is 2.60. The van der Waals surface area contributed by atoms with Crippen LogP contribution in [0.2, 0.25) is 0 Å². The molecular weight excluding hydrogens is 160 g/mol. The van der Waals surface area contributed by atoms with Gasteiger partial charge in [0.2, 0.25) is 0 Å². The van der Waals surface area contributed by atoms with Gasteiger partial charge in [-0.1, -0.05) is 43.3 Å². The fourth-order valence-corrected chi connectivity index (χ4v) is 1.28. The molecule has 0 aromatic heterocycles. The Hall–Kier alpha value is -1.08. The van der Waals surface area contributed by atoms with Crippen molar-refractivity contribution in [1.82, 2.24) is 0 Å². The number of aliphatic hydroxyl groups is 1. The number of hydrogen-bond acceptors (Lipinski definition) is 1. The smallest absolute Gasteiger partial charge is 0.0725 e. The zero-order chi connectivity index (χ0) is 9.68. The molecule has 0 saturated carbocycles. The van der Waals surface area contributed by atoms with E-state index >= 15 is 0 Å². The van der Waals surface area contributed by atoms with Crippen LogP contribution in [0.5, 0.6) is 0 Å². The van der Waals surface area contributed by atoms with Crippen molar-refractivity contribution in [3.05, 3.63) is 41.5 Å². The Morgan fingerprint density at radius 2 is 2.00 bits per heavy atom. The lowest BCUT2D eigenvalue weighted by Gasteiger charge is -2.07. The first-order valence-corrected chi connectivity index (χ1v) is 4.67. The Morgan fingerprint density at radius 3 is 2.46 bits per heavy atom. The highest BCUT2D eigenvalue weighted by Gasteiger charge is 2.01. The molecule has 1 aromatic rings. The van der Waals surface area contributed by atoms with Crippen LogP contribution in [0.25, 0.3) is 6.08 Å². The fraction of sp³-hybridized carbons (Fsp3) is 0.333. The Morgan fingerprint density at radius 1 is 1.38 bits per heavy atom. The van der Waals surface area contributed by atoms with Crippen molar-refractivity contribution in [2.75, 3.05) is 0 Å². The average Bonchev–Trinajstić information content (AvgIpc) is 2.15. The van der Waals surface area contributed by atoms with Gasteiger partial charge < -0.3 is 5.11 Å². The first-order valence-electron chi connectivity index (χ1n) is 4.67. The van der Waals surface area contributed by atoms with Crippen molar-refractivity contribution in [1.29, 1.82) is 0 Å². The van der Waals surface area contributed by atoms with Crippen LogP contribution >= 0.6 is 0 Å². The van der Waals surface area contributed by atoms with Gasteiger partial charge >= 0.3 is 0 Å².